The molecule has 182 valence electrons. The molecule has 2 atom stereocenters. The molecule has 1 aromatic rings. The van der Waals surface area contributed by atoms with Crippen molar-refractivity contribution in [2.45, 2.75) is 57.7 Å². The van der Waals surface area contributed by atoms with Crippen molar-refractivity contribution in [1.82, 2.24) is 10.3 Å². The Morgan fingerprint density at radius 1 is 1.24 bits per heavy atom. The van der Waals surface area contributed by atoms with Crippen molar-refractivity contribution < 1.29 is 24.3 Å². The minimum Gasteiger partial charge on any atom is -0.459 e. The Morgan fingerprint density at radius 2 is 2.06 bits per heavy atom. The molecule has 1 amide bonds. The first-order valence-corrected chi connectivity index (χ1v) is 11.8. The fourth-order valence-corrected chi connectivity index (χ4v) is 4.32. The van der Waals surface area contributed by atoms with E-state index in [0.29, 0.717) is 43.6 Å². The molecule has 10 heteroatoms. The highest BCUT2D eigenvalue weighted by Crippen LogP contribution is 2.37. The van der Waals surface area contributed by atoms with Gasteiger partial charge in [-0.25, -0.2) is 4.98 Å². The fourth-order valence-electron chi connectivity index (χ4n) is 4.32. The molecule has 2 heterocycles. The van der Waals surface area contributed by atoms with E-state index in [4.69, 9.17) is 14.6 Å². The van der Waals surface area contributed by atoms with Gasteiger partial charge >= 0.3 is 0 Å². The van der Waals surface area contributed by atoms with E-state index in [2.05, 4.69) is 15.6 Å². The maximum Gasteiger partial charge on any atom is 0.287 e. The van der Waals surface area contributed by atoms with Crippen LogP contribution < -0.4 is 10.6 Å². The van der Waals surface area contributed by atoms with Crippen molar-refractivity contribution in [1.29, 1.82) is 0 Å². The zero-order chi connectivity index (χ0) is 23.5. The molecule has 3 N–H and O–H groups in total. The van der Waals surface area contributed by atoms with Gasteiger partial charge in [0, 0.05) is 32.2 Å². The number of nitro groups is 1. The molecule has 0 unspecified atom stereocenters. The summed E-state index contributed by atoms with van der Waals surface area (Å²) in [7, 11) is 0. The molecule has 0 spiro atoms. The maximum atomic E-state index is 12.8. The first-order valence-electron chi connectivity index (χ1n) is 11.8. The average Bonchev–Trinajstić information content (AvgIpc) is 2.85. The van der Waals surface area contributed by atoms with Crippen LogP contribution in [0.4, 0.5) is 11.5 Å². The molecular weight excluding hydrogens is 428 g/mol. The van der Waals surface area contributed by atoms with Crippen LogP contribution in [-0.2, 0) is 14.3 Å². The number of hydrogen-bond acceptors (Lipinski definition) is 8. The molecular formula is C23H34N4O6. The maximum absolute atomic E-state index is 12.8. The quantitative estimate of drug-likeness (QED) is 0.245. The largest absolute Gasteiger partial charge is 0.459 e. The smallest absolute Gasteiger partial charge is 0.287 e. The van der Waals surface area contributed by atoms with E-state index in [9.17, 15) is 14.9 Å². The SMILES string of the molecule is O=C(NCCNc1ccc([N+](=O)[O-])cn1)C1=C[C@@H](C2CCCCC2)C[C@@H](OCCCCO)O1. The molecule has 3 rings (SSSR count). The van der Waals surface area contributed by atoms with Gasteiger partial charge in [-0.15, -0.1) is 0 Å². The zero-order valence-corrected chi connectivity index (χ0v) is 18.9. The summed E-state index contributed by atoms with van der Waals surface area (Å²) in [6.07, 6.45) is 10.9. The first kappa shape index (κ1) is 24.9. The number of nitrogens with one attached hydrogen (secondary N) is 2. The zero-order valence-electron chi connectivity index (χ0n) is 18.9. The Kier molecular flexibility index (Phi) is 9.89. The molecule has 0 bridgehead atoms. The highest BCUT2D eigenvalue weighted by atomic mass is 16.7. The third kappa shape index (κ3) is 7.97. The van der Waals surface area contributed by atoms with Crippen LogP contribution in [0.15, 0.2) is 30.2 Å². The number of hydrogen-bond donors (Lipinski definition) is 3. The van der Waals surface area contributed by atoms with Gasteiger partial charge in [0.05, 0.1) is 11.5 Å². The number of aromatic nitrogens is 1. The summed E-state index contributed by atoms with van der Waals surface area (Å²) < 4.78 is 11.7. The van der Waals surface area contributed by atoms with E-state index in [-0.39, 0.29) is 24.1 Å². The number of aliphatic hydroxyl groups is 1. The molecule has 1 saturated carbocycles. The van der Waals surface area contributed by atoms with Gasteiger partial charge in [-0.3, -0.25) is 14.9 Å². The third-order valence-electron chi connectivity index (χ3n) is 6.10. The van der Waals surface area contributed by atoms with E-state index >= 15 is 0 Å². The fraction of sp³-hybridized carbons (Fsp3) is 0.652. The van der Waals surface area contributed by atoms with Crippen LogP contribution in [0.1, 0.15) is 51.4 Å². The van der Waals surface area contributed by atoms with Crippen molar-refractivity contribution in [3.8, 4) is 0 Å². The lowest BCUT2D eigenvalue weighted by atomic mass is 9.77. The molecule has 0 aromatic carbocycles. The highest BCUT2D eigenvalue weighted by Gasteiger charge is 2.32. The molecule has 1 aliphatic carbocycles. The Labute approximate surface area is 193 Å². The van der Waals surface area contributed by atoms with Crippen molar-refractivity contribution in [3.05, 3.63) is 40.3 Å². The van der Waals surface area contributed by atoms with Crippen molar-refractivity contribution in [3.63, 3.8) is 0 Å². The number of nitrogens with zero attached hydrogens (tertiary/aromatic N) is 2. The number of allylic oxidation sites excluding steroid dienone is 1. The van der Waals surface area contributed by atoms with Gasteiger partial charge < -0.3 is 25.2 Å². The van der Waals surface area contributed by atoms with E-state index < -0.39 is 11.2 Å². The van der Waals surface area contributed by atoms with Crippen LogP contribution in [0.25, 0.3) is 0 Å². The second-order valence-corrected chi connectivity index (χ2v) is 8.52. The second-order valence-electron chi connectivity index (χ2n) is 8.52. The van der Waals surface area contributed by atoms with Crippen LogP contribution in [0.2, 0.25) is 0 Å². The van der Waals surface area contributed by atoms with E-state index in [0.717, 1.165) is 12.8 Å². The number of pyridine rings is 1. The van der Waals surface area contributed by atoms with Crippen molar-refractivity contribution in [2.75, 3.05) is 31.6 Å². The van der Waals surface area contributed by atoms with E-state index in [1.54, 1.807) is 0 Å². The summed E-state index contributed by atoms with van der Waals surface area (Å²) in [5, 5.41) is 25.5. The van der Waals surface area contributed by atoms with E-state index in [1.807, 2.05) is 6.08 Å². The first-order chi connectivity index (χ1) is 16.1. The molecule has 10 nitrogen and oxygen atoms in total. The molecule has 1 aromatic heterocycles. The number of ether oxygens (including phenoxy) is 2. The van der Waals surface area contributed by atoms with Crippen molar-refractivity contribution in [2.24, 2.45) is 11.8 Å². The lowest BCUT2D eigenvalue weighted by Gasteiger charge is -2.35. The molecule has 2 aliphatic rings. The monoisotopic (exact) mass is 462 g/mol. The van der Waals surface area contributed by atoms with Gasteiger partial charge in [-0.05, 0) is 49.7 Å². The number of anilines is 1. The topological polar surface area (TPSA) is 136 Å². The van der Waals surface area contributed by atoms with E-state index in [1.165, 1.54) is 50.4 Å². The number of rotatable bonds is 12. The predicted molar refractivity (Wildman–Crippen MR) is 122 cm³/mol. The summed E-state index contributed by atoms with van der Waals surface area (Å²) in [5.74, 6) is 1.32. The summed E-state index contributed by atoms with van der Waals surface area (Å²) in [6, 6.07) is 2.90. The lowest BCUT2D eigenvalue weighted by molar-refractivity contribution is -0.385. The Bertz CT molecular complexity index is 795. The molecule has 0 radical (unpaired) electrons. The highest BCUT2D eigenvalue weighted by molar-refractivity contribution is 5.91. The molecule has 33 heavy (non-hydrogen) atoms. The Morgan fingerprint density at radius 3 is 2.76 bits per heavy atom. The van der Waals surface area contributed by atoms with Crippen molar-refractivity contribution >= 4 is 17.4 Å². The van der Waals surface area contributed by atoms with Crippen LogP contribution in [0, 0.1) is 22.0 Å². The van der Waals surface area contributed by atoms with Crippen LogP contribution in [0.5, 0.6) is 0 Å². The minimum atomic E-state index is -0.501. The number of amides is 1. The number of carbonyl (C=O) groups is 1. The summed E-state index contributed by atoms with van der Waals surface area (Å²) in [5.41, 5.74) is -0.0732. The average molecular weight is 463 g/mol. The summed E-state index contributed by atoms with van der Waals surface area (Å²) >= 11 is 0. The van der Waals surface area contributed by atoms with Gasteiger partial charge in [0.1, 0.15) is 12.0 Å². The second kappa shape index (κ2) is 13.1. The van der Waals surface area contributed by atoms with Gasteiger partial charge in [-0.2, -0.15) is 0 Å². The summed E-state index contributed by atoms with van der Waals surface area (Å²) in [6.45, 7) is 1.38. The van der Waals surface area contributed by atoms with Crippen LogP contribution in [-0.4, -0.2) is 53.5 Å². The standard InChI is InChI=1S/C23H34N4O6/c28-12-4-5-13-32-22-15-18(17-6-2-1-3-7-17)14-20(33-22)23(29)25-11-10-24-21-9-8-19(16-26-21)27(30)31/h8-9,14,16-18,22,28H,1-7,10-13,15H2,(H,24,26)(H,25,29)/t18-,22+/m1/s1. The van der Waals surface area contributed by atoms with Gasteiger partial charge in [0.15, 0.2) is 5.76 Å². The third-order valence-corrected chi connectivity index (χ3v) is 6.10. The van der Waals surface area contributed by atoms with Gasteiger partial charge in [0.25, 0.3) is 11.6 Å². The summed E-state index contributed by atoms with van der Waals surface area (Å²) in [4.78, 5) is 26.9. The Balaban J connectivity index is 1.50. The van der Waals surface area contributed by atoms with Crippen LogP contribution in [0.3, 0.4) is 0 Å². The molecule has 1 fully saturated rings. The minimum absolute atomic E-state index is 0.0732. The Hall–Kier alpha value is -2.72. The van der Waals surface area contributed by atoms with Gasteiger partial charge in [-0.1, -0.05) is 19.3 Å². The predicted octanol–water partition coefficient (Wildman–Crippen LogP) is 3.13. The molecule has 0 saturated heterocycles. The lowest BCUT2D eigenvalue weighted by Crippen LogP contribution is -2.37. The number of unbranched alkanes of at least 4 members (excludes halogenated alkanes) is 1. The van der Waals surface area contributed by atoms with Crippen LogP contribution >= 0.6 is 0 Å². The number of carbonyl (C=O) groups excluding carboxylic acids is 1. The normalized spacial score (nSPS) is 21.1. The molecule has 1 aliphatic heterocycles. The van der Waals surface area contributed by atoms with Gasteiger partial charge in [0.2, 0.25) is 6.29 Å². The number of aliphatic hydroxyl groups excluding tert-OH is 1.